The van der Waals surface area contributed by atoms with E-state index in [1.54, 1.807) is 48.5 Å². The van der Waals surface area contributed by atoms with Crippen LogP contribution >= 0.6 is 11.6 Å². The second kappa shape index (κ2) is 10.3. The van der Waals surface area contributed by atoms with E-state index in [9.17, 15) is 23.2 Å². The van der Waals surface area contributed by atoms with Gasteiger partial charge in [-0.15, -0.1) is 10.2 Å². The zero-order valence-corrected chi connectivity index (χ0v) is 21.0. The monoisotopic (exact) mass is 550 g/mol. The summed E-state index contributed by atoms with van der Waals surface area (Å²) in [6.45, 7) is -0.109. The molecular formula is C27H18ClF3N6O2. The van der Waals surface area contributed by atoms with Crippen LogP contribution in [-0.4, -0.2) is 31.5 Å². The Hall–Kier alpha value is -4.53. The van der Waals surface area contributed by atoms with E-state index in [4.69, 9.17) is 16.3 Å². The molecule has 0 N–H and O–H groups in total. The van der Waals surface area contributed by atoms with Gasteiger partial charge in [-0.1, -0.05) is 41.9 Å². The van der Waals surface area contributed by atoms with Gasteiger partial charge in [0.25, 0.3) is 5.56 Å². The molecule has 0 saturated heterocycles. The summed E-state index contributed by atoms with van der Waals surface area (Å²) in [5.41, 5.74) is 1.51. The van der Waals surface area contributed by atoms with Crippen molar-refractivity contribution in [1.29, 1.82) is 5.26 Å². The van der Waals surface area contributed by atoms with E-state index >= 15 is 0 Å². The number of methoxy groups -OCH3 is 1. The number of halogens is 4. The second-order valence-corrected chi connectivity index (χ2v) is 8.98. The number of nitriles is 1. The molecule has 12 heteroatoms. The fourth-order valence-electron chi connectivity index (χ4n) is 4.25. The molecule has 2 aromatic carbocycles. The van der Waals surface area contributed by atoms with Crippen LogP contribution in [0.1, 0.15) is 22.6 Å². The van der Waals surface area contributed by atoms with Crippen LogP contribution in [0.2, 0.25) is 5.02 Å². The van der Waals surface area contributed by atoms with Crippen molar-refractivity contribution in [3.63, 3.8) is 0 Å². The fourth-order valence-corrected chi connectivity index (χ4v) is 4.38. The third-order valence-corrected chi connectivity index (χ3v) is 6.28. The molecule has 0 amide bonds. The lowest BCUT2D eigenvalue weighted by Gasteiger charge is -2.18. The number of hydrogen-bond donors (Lipinski definition) is 0. The molecule has 5 rings (SSSR count). The van der Waals surface area contributed by atoms with Gasteiger partial charge in [-0.05, 0) is 47.0 Å². The lowest BCUT2D eigenvalue weighted by Crippen LogP contribution is -2.30. The molecule has 196 valence electrons. The first kappa shape index (κ1) is 26.1. The summed E-state index contributed by atoms with van der Waals surface area (Å²) in [5.74, 6) is 0.307. The van der Waals surface area contributed by atoms with Gasteiger partial charge in [-0.25, -0.2) is 9.20 Å². The zero-order chi connectivity index (χ0) is 27.7. The molecule has 5 aromatic rings. The van der Waals surface area contributed by atoms with E-state index in [-0.39, 0.29) is 18.7 Å². The van der Waals surface area contributed by atoms with Crippen molar-refractivity contribution < 1.29 is 17.9 Å². The summed E-state index contributed by atoms with van der Waals surface area (Å²) in [6.07, 6.45) is -3.51. The van der Waals surface area contributed by atoms with Crippen LogP contribution < -0.4 is 5.56 Å². The van der Waals surface area contributed by atoms with Gasteiger partial charge in [0.2, 0.25) is 0 Å². The first-order valence-corrected chi connectivity index (χ1v) is 11.9. The Morgan fingerprint density at radius 1 is 0.974 bits per heavy atom. The van der Waals surface area contributed by atoms with Crippen LogP contribution in [0.25, 0.3) is 27.9 Å². The van der Waals surface area contributed by atoms with Gasteiger partial charge in [0.05, 0.1) is 23.7 Å². The Balaban J connectivity index is 1.81. The average Bonchev–Trinajstić information content (AvgIpc) is 3.34. The van der Waals surface area contributed by atoms with Crippen molar-refractivity contribution in [3.8, 4) is 28.3 Å². The molecule has 0 spiro atoms. The van der Waals surface area contributed by atoms with E-state index in [1.807, 2.05) is 0 Å². The van der Waals surface area contributed by atoms with Gasteiger partial charge in [0, 0.05) is 23.9 Å². The van der Waals surface area contributed by atoms with Crippen molar-refractivity contribution in [2.24, 2.45) is 0 Å². The van der Waals surface area contributed by atoms with Crippen molar-refractivity contribution in [2.75, 3.05) is 7.11 Å². The maximum absolute atomic E-state index is 14.2. The molecule has 0 aliphatic rings. The van der Waals surface area contributed by atoms with Gasteiger partial charge in [-0.3, -0.25) is 9.78 Å². The molecule has 0 saturated carbocycles. The maximum atomic E-state index is 14.2. The van der Waals surface area contributed by atoms with Crippen LogP contribution in [0.15, 0.2) is 71.7 Å². The van der Waals surface area contributed by atoms with Gasteiger partial charge >= 0.3 is 6.18 Å². The predicted octanol–water partition coefficient (Wildman–Crippen LogP) is 5.36. The van der Waals surface area contributed by atoms with E-state index in [0.717, 1.165) is 12.3 Å². The maximum Gasteiger partial charge on any atom is 0.433 e. The quantitative estimate of drug-likeness (QED) is 0.282. The number of ether oxygens (including phenoxy) is 1. The van der Waals surface area contributed by atoms with Gasteiger partial charge in [0.1, 0.15) is 12.3 Å². The molecule has 0 aliphatic carbocycles. The van der Waals surface area contributed by atoms with Gasteiger partial charge in [0.15, 0.2) is 11.5 Å². The van der Waals surface area contributed by atoms with Crippen molar-refractivity contribution in [1.82, 2.24) is 24.4 Å². The minimum absolute atomic E-state index is 0.0129. The molecule has 0 unspecified atom stereocenters. The molecule has 0 radical (unpaired) electrons. The van der Waals surface area contributed by atoms with Crippen molar-refractivity contribution in [3.05, 3.63) is 105 Å². The highest BCUT2D eigenvalue weighted by atomic mass is 35.5. The van der Waals surface area contributed by atoms with Gasteiger partial charge < -0.3 is 4.74 Å². The summed E-state index contributed by atoms with van der Waals surface area (Å²) >= 11 is 6.10. The van der Waals surface area contributed by atoms with Crippen LogP contribution in [0.5, 0.6) is 0 Å². The lowest BCUT2D eigenvalue weighted by atomic mass is 9.96. The van der Waals surface area contributed by atoms with Crippen LogP contribution in [-0.2, 0) is 24.1 Å². The molecule has 3 aromatic heterocycles. The molecule has 8 nitrogen and oxygen atoms in total. The molecule has 3 heterocycles. The number of benzene rings is 2. The Morgan fingerprint density at radius 2 is 1.64 bits per heavy atom. The highest BCUT2D eigenvalue weighted by Gasteiger charge is 2.32. The molecule has 0 aliphatic heterocycles. The number of nitrogens with zero attached hydrogens (tertiary/aromatic N) is 6. The number of hydrogen-bond acceptors (Lipinski definition) is 6. The normalized spacial score (nSPS) is 11.6. The van der Waals surface area contributed by atoms with Crippen LogP contribution in [0, 0.1) is 11.3 Å². The minimum atomic E-state index is -4.59. The third-order valence-electron chi connectivity index (χ3n) is 6.03. The zero-order valence-electron chi connectivity index (χ0n) is 20.3. The number of aromatic nitrogens is 5. The second-order valence-electron chi connectivity index (χ2n) is 8.54. The Kier molecular flexibility index (Phi) is 6.91. The van der Waals surface area contributed by atoms with Crippen molar-refractivity contribution in [2.45, 2.75) is 19.3 Å². The fraction of sp³-hybridized carbons (Fsp3) is 0.148. The first-order chi connectivity index (χ1) is 18.7. The highest BCUT2D eigenvalue weighted by molar-refractivity contribution is 6.30. The number of rotatable bonds is 6. The SMILES string of the molecule is COCc1nnc2c(-c3ccc(C#N)cc3)c(-c3ccc(Cl)cc3)c(=O)n(Cc3ccc(C(F)(F)F)nc3)n12. The standard InChI is InChI=1S/C27H18ClF3N6O2/c1-39-15-22-34-35-25-23(18-5-2-16(12-32)3-6-18)24(19-7-9-20(28)10-8-19)26(38)36(37(22)25)14-17-4-11-21(33-13-17)27(29,30)31/h2-11,13H,14-15H2,1H3. The first-order valence-electron chi connectivity index (χ1n) is 11.5. The Morgan fingerprint density at radius 3 is 2.23 bits per heavy atom. The average molecular weight is 551 g/mol. The summed E-state index contributed by atoms with van der Waals surface area (Å²) in [7, 11) is 1.47. The van der Waals surface area contributed by atoms with Crippen LogP contribution in [0.3, 0.4) is 0 Å². The Labute approximate surface area is 224 Å². The largest absolute Gasteiger partial charge is 0.433 e. The lowest BCUT2D eigenvalue weighted by molar-refractivity contribution is -0.141. The molecule has 39 heavy (non-hydrogen) atoms. The van der Waals surface area contributed by atoms with Crippen molar-refractivity contribution >= 4 is 17.2 Å². The summed E-state index contributed by atoms with van der Waals surface area (Å²) in [5, 5.41) is 18.3. The van der Waals surface area contributed by atoms with Crippen LogP contribution in [0.4, 0.5) is 13.2 Å². The number of alkyl halides is 3. The third kappa shape index (κ3) is 4.99. The van der Waals surface area contributed by atoms with E-state index in [1.165, 1.54) is 22.4 Å². The number of pyridine rings is 1. The van der Waals surface area contributed by atoms with Gasteiger partial charge in [-0.2, -0.15) is 18.4 Å². The highest BCUT2D eigenvalue weighted by Crippen LogP contribution is 2.34. The van der Waals surface area contributed by atoms with E-state index in [2.05, 4.69) is 21.3 Å². The summed E-state index contributed by atoms with van der Waals surface area (Å²) in [6, 6.07) is 17.6. The summed E-state index contributed by atoms with van der Waals surface area (Å²) in [4.78, 5) is 17.8. The Bertz CT molecular complexity index is 1750. The number of fused-ring (bicyclic) bond motifs is 1. The predicted molar refractivity (Wildman–Crippen MR) is 137 cm³/mol. The molecule has 0 atom stereocenters. The molecule has 0 bridgehead atoms. The molecular weight excluding hydrogens is 533 g/mol. The summed E-state index contributed by atoms with van der Waals surface area (Å²) < 4.78 is 47.3. The topological polar surface area (TPSA) is 98.1 Å². The van der Waals surface area contributed by atoms with E-state index < -0.39 is 17.4 Å². The smallest absolute Gasteiger partial charge is 0.377 e. The minimum Gasteiger partial charge on any atom is -0.377 e. The van der Waals surface area contributed by atoms with E-state index in [0.29, 0.717) is 44.3 Å². The molecule has 0 fully saturated rings.